The van der Waals surface area contributed by atoms with Crippen LogP contribution in [0.4, 0.5) is 5.69 Å². The number of aromatic nitrogens is 1. The van der Waals surface area contributed by atoms with E-state index >= 15 is 0 Å². The summed E-state index contributed by atoms with van der Waals surface area (Å²) >= 11 is 3.47. The zero-order chi connectivity index (χ0) is 13.7. The quantitative estimate of drug-likeness (QED) is 0.674. The number of rotatable bonds is 5. The van der Waals surface area contributed by atoms with E-state index in [-0.39, 0.29) is 0 Å². The van der Waals surface area contributed by atoms with Crippen molar-refractivity contribution in [2.75, 3.05) is 12.3 Å². The Morgan fingerprint density at radius 3 is 2.74 bits per heavy atom. The highest BCUT2D eigenvalue weighted by Crippen LogP contribution is 2.29. The molecule has 0 amide bonds. The summed E-state index contributed by atoms with van der Waals surface area (Å²) in [5, 5.41) is 0. The predicted octanol–water partition coefficient (Wildman–Crippen LogP) is 3.75. The number of ether oxygens (including phenoxy) is 1. The van der Waals surface area contributed by atoms with Gasteiger partial charge in [0.2, 0.25) is 0 Å². The van der Waals surface area contributed by atoms with Crippen molar-refractivity contribution < 1.29 is 4.74 Å². The van der Waals surface area contributed by atoms with E-state index in [0.717, 1.165) is 34.3 Å². The number of aryl methyl sites for hydroxylation is 2. The highest BCUT2D eigenvalue weighted by Gasteiger charge is 2.04. The van der Waals surface area contributed by atoms with Crippen LogP contribution in [0.5, 0.6) is 5.75 Å². The lowest BCUT2D eigenvalue weighted by Crippen LogP contribution is -2.01. The van der Waals surface area contributed by atoms with E-state index in [1.807, 2.05) is 43.6 Å². The number of hydrogen-bond acceptors (Lipinski definition) is 3. The fourth-order valence-electron chi connectivity index (χ4n) is 1.79. The van der Waals surface area contributed by atoms with Crippen LogP contribution >= 0.6 is 15.9 Å². The Balaban J connectivity index is 1.85. The number of halogens is 1. The van der Waals surface area contributed by atoms with Crippen LogP contribution in [-0.2, 0) is 6.42 Å². The molecule has 2 rings (SSSR count). The van der Waals surface area contributed by atoms with Crippen molar-refractivity contribution in [1.82, 2.24) is 4.98 Å². The molecular formula is C15H17BrN2O. The van der Waals surface area contributed by atoms with Crippen LogP contribution in [-0.4, -0.2) is 11.6 Å². The molecule has 0 unspecified atom stereocenters. The fourth-order valence-corrected chi connectivity index (χ4v) is 2.26. The molecule has 0 fully saturated rings. The average Bonchev–Trinajstić information content (AvgIpc) is 2.41. The lowest BCUT2D eigenvalue weighted by atomic mass is 10.1. The summed E-state index contributed by atoms with van der Waals surface area (Å²) in [6, 6.07) is 7.91. The van der Waals surface area contributed by atoms with Crippen LogP contribution in [0, 0.1) is 6.92 Å². The smallest absolute Gasteiger partial charge is 0.133 e. The molecule has 0 saturated heterocycles. The molecule has 0 saturated carbocycles. The molecule has 1 aromatic heterocycles. The molecule has 0 aliphatic carbocycles. The van der Waals surface area contributed by atoms with Gasteiger partial charge in [-0.15, -0.1) is 0 Å². The first-order valence-corrected chi connectivity index (χ1v) is 7.03. The Morgan fingerprint density at radius 1 is 1.26 bits per heavy atom. The van der Waals surface area contributed by atoms with Gasteiger partial charge in [0.15, 0.2) is 0 Å². The molecule has 19 heavy (non-hydrogen) atoms. The van der Waals surface area contributed by atoms with Gasteiger partial charge in [0.05, 0.1) is 11.1 Å². The summed E-state index contributed by atoms with van der Waals surface area (Å²) in [6.07, 6.45) is 5.60. The fraction of sp³-hybridized carbons (Fsp3) is 0.267. The Labute approximate surface area is 121 Å². The molecule has 0 atom stereocenters. The Hall–Kier alpha value is -1.55. The van der Waals surface area contributed by atoms with Gasteiger partial charge >= 0.3 is 0 Å². The molecule has 0 bridgehead atoms. The summed E-state index contributed by atoms with van der Waals surface area (Å²) in [4.78, 5) is 4.00. The molecule has 0 aliphatic heterocycles. The van der Waals surface area contributed by atoms with Crippen LogP contribution in [0.2, 0.25) is 0 Å². The van der Waals surface area contributed by atoms with Crippen molar-refractivity contribution in [3.05, 3.63) is 52.3 Å². The van der Waals surface area contributed by atoms with Crippen molar-refractivity contribution >= 4 is 21.6 Å². The number of pyridine rings is 1. The second kappa shape index (κ2) is 6.57. The van der Waals surface area contributed by atoms with Gasteiger partial charge in [0.1, 0.15) is 5.75 Å². The van der Waals surface area contributed by atoms with E-state index in [4.69, 9.17) is 10.5 Å². The van der Waals surface area contributed by atoms with Crippen LogP contribution in [0.3, 0.4) is 0 Å². The number of anilines is 1. The van der Waals surface area contributed by atoms with Crippen LogP contribution < -0.4 is 10.5 Å². The third-order valence-electron chi connectivity index (χ3n) is 2.94. The van der Waals surface area contributed by atoms with Crippen LogP contribution in [0.25, 0.3) is 0 Å². The maximum atomic E-state index is 5.83. The van der Waals surface area contributed by atoms with Gasteiger partial charge in [-0.25, -0.2) is 0 Å². The molecule has 0 spiro atoms. The predicted molar refractivity (Wildman–Crippen MR) is 81.3 cm³/mol. The molecule has 4 heteroatoms. The standard InChI is InChI=1S/C15H17BrN2O/c1-11-9-15(13(16)10-14(11)17)19-8-2-3-12-4-6-18-7-5-12/h4-7,9-10H,2-3,8,17H2,1H3. The summed E-state index contributed by atoms with van der Waals surface area (Å²) in [5.41, 5.74) is 8.92. The van der Waals surface area contributed by atoms with Crippen LogP contribution in [0.1, 0.15) is 17.5 Å². The summed E-state index contributed by atoms with van der Waals surface area (Å²) in [7, 11) is 0. The van der Waals surface area contributed by atoms with Crippen molar-refractivity contribution in [3.63, 3.8) is 0 Å². The number of nitrogens with two attached hydrogens (primary N) is 1. The zero-order valence-electron chi connectivity index (χ0n) is 10.9. The Bertz CT molecular complexity index is 543. The minimum absolute atomic E-state index is 0.685. The Kier molecular flexibility index (Phi) is 4.80. The highest BCUT2D eigenvalue weighted by molar-refractivity contribution is 9.10. The second-order valence-electron chi connectivity index (χ2n) is 4.45. The van der Waals surface area contributed by atoms with Gasteiger partial charge in [-0.3, -0.25) is 4.98 Å². The van der Waals surface area contributed by atoms with Crippen LogP contribution in [0.15, 0.2) is 41.1 Å². The van der Waals surface area contributed by atoms with Gasteiger partial charge in [0, 0.05) is 18.1 Å². The third-order valence-corrected chi connectivity index (χ3v) is 3.56. The number of nitrogens with zero attached hydrogens (tertiary/aromatic N) is 1. The van der Waals surface area contributed by atoms with Gasteiger partial charge in [-0.2, -0.15) is 0 Å². The van der Waals surface area contributed by atoms with E-state index in [1.54, 1.807) is 0 Å². The molecule has 0 aliphatic rings. The topological polar surface area (TPSA) is 48.1 Å². The average molecular weight is 321 g/mol. The van der Waals surface area contributed by atoms with Gasteiger partial charge < -0.3 is 10.5 Å². The number of benzene rings is 1. The summed E-state index contributed by atoms with van der Waals surface area (Å²) in [6.45, 7) is 2.66. The molecular weight excluding hydrogens is 304 g/mol. The van der Waals surface area contributed by atoms with Gasteiger partial charge in [-0.1, -0.05) is 0 Å². The van der Waals surface area contributed by atoms with Gasteiger partial charge in [-0.05, 0) is 71.1 Å². The third kappa shape index (κ3) is 3.96. The number of hydrogen-bond donors (Lipinski definition) is 1. The first kappa shape index (κ1) is 13.9. The lowest BCUT2D eigenvalue weighted by molar-refractivity contribution is 0.309. The molecule has 1 aromatic carbocycles. The molecule has 1 heterocycles. The molecule has 2 N–H and O–H groups in total. The van der Waals surface area contributed by atoms with E-state index < -0.39 is 0 Å². The minimum atomic E-state index is 0.685. The second-order valence-corrected chi connectivity index (χ2v) is 5.30. The SMILES string of the molecule is Cc1cc(OCCCc2ccncc2)c(Br)cc1N. The first-order valence-electron chi connectivity index (χ1n) is 6.24. The Morgan fingerprint density at radius 2 is 2.00 bits per heavy atom. The molecule has 2 aromatic rings. The maximum Gasteiger partial charge on any atom is 0.133 e. The molecule has 100 valence electrons. The highest BCUT2D eigenvalue weighted by atomic mass is 79.9. The minimum Gasteiger partial charge on any atom is -0.492 e. The normalized spacial score (nSPS) is 10.4. The summed E-state index contributed by atoms with van der Waals surface area (Å²) in [5.74, 6) is 0.849. The van der Waals surface area contributed by atoms with E-state index in [1.165, 1.54) is 5.56 Å². The van der Waals surface area contributed by atoms with Crippen molar-refractivity contribution in [2.24, 2.45) is 0 Å². The molecule has 3 nitrogen and oxygen atoms in total. The monoisotopic (exact) mass is 320 g/mol. The van der Waals surface area contributed by atoms with Crippen molar-refractivity contribution in [2.45, 2.75) is 19.8 Å². The maximum absolute atomic E-state index is 5.83. The number of nitrogen functional groups attached to an aromatic ring is 1. The van der Waals surface area contributed by atoms with Crippen molar-refractivity contribution in [1.29, 1.82) is 0 Å². The van der Waals surface area contributed by atoms with Gasteiger partial charge in [0.25, 0.3) is 0 Å². The first-order chi connectivity index (χ1) is 9.16. The van der Waals surface area contributed by atoms with Crippen molar-refractivity contribution in [3.8, 4) is 5.75 Å². The van der Waals surface area contributed by atoms with E-state index in [0.29, 0.717) is 6.61 Å². The lowest BCUT2D eigenvalue weighted by Gasteiger charge is -2.10. The zero-order valence-corrected chi connectivity index (χ0v) is 12.5. The van der Waals surface area contributed by atoms with E-state index in [2.05, 4.69) is 20.9 Å². The largest absolute Gasteiger partial charge is 0.492 e. The molecule has 0 radical (unpaired) electrons. The van der Waals surface area contributed by atoms with E-state index in [9.17, 15) is 0 Å². The summed E-state index contributed by atoms with van der Waals surface area (Å²) < 4.78 is 6.68.